The molecule has 2 aromatic rings. The maximum atomic E-state index is 5.85. The molecule has 0 saturated heterocycles. The molecule has 1 unspecified atom stereocenters. The van der Waals surface area contributed by atoms with Crippen molar-refractivity contribution in [2.24, 2.45) is 5.92 Å². The number of hydrogen-bond donors (Lipinski definition) is 1. The topological polar surface area (TPSA) is 43.8 Å². The normalized spacial score (nSPS) is 13.0. The minimum atomic E-state index is 0.653. The Labute approximate surface area is 119 Å². The van der Waals surface area contributed by atoms with E-state index in [4.69, 9.17) is 10.7 Å². The highest BCUT2D eigenvalue weighted by Gasteiger charge is 2.12. The van der Waals surface area contributed by atoms with Crippen LogP contribution in [0, 0.1) is 5.92 Å². The van der Waals surface area contributed by atoms with Gasteiger partial charge in [-0.15, -0.1) is 0 Å². The van der Waals surface area contributed by atoms with Crippen molar-refractivity contribution in [3.63, 3.8) is 0 Å². The summed E-state index contributed by atoms with van der Waals surface area (Å²) < 4.78 is 2.37. The molecule has 0 fully saturated rings. The van der Waals surface area contributed by atoms with Crippen molar-refractivity contribution in [1.82, 2.24) is 9.55 Å². The fourth-order valence-corrected chi connectivity index (χ4v) is 3.14. The number of nitrogen functional groups attached to an aromatic ring is 1. The number of rotatable bonds is 6. The van der Waals surface area contributed by atoms with Crippen molar-refractivity contribution in [2.45, 2.75) is 33.2 Å². The molecule has 0 saturated carbocycles. The van der Waals surface area contributed by atoms with E-state index >= 15 is 0 Å². The van der Waals surface area contributed by atoms with Crippen molar-refractivity contribution in [3.8, 4) is 0 Å². The molecule has 104 valence electrons. The van der Waals surface area contributed by atoms with Gasteiger partial charge in [-0.1, -0.05) is 13.8 Å². The van der Waals surface area contributed by atoms with Gasteiger partial charge in [0, 0.05) is 18.7 Å². The fraction of sp³-hybridized carbons (Fsp3) is 0.533. The predicted octanol–water partition coefficient (Wildman–Crippen LogP) is 3.57. The number of aryl methyl sites for hydroxylation is 1. The largest absolute Gasteiger partial charge is 0.399 e. The van der Waals surface area contributed by atoms with E-state index in [0.29, 0.717) is 5.92 Å². The number of imidazole rings is 1. The van der Waals surface area contributed by atoms with E-state index in [1.807, 2.05) is 23.9 Å². The Morgan fingerprint density at radius 3 is 2.89 bits per heavy atom. The Bertz CT molecular complexity index is 548. The maximum absolute atomic E-state index is 5.85. The molecule has 4 heteroatoms. The lowest BCUT2D eigenvalue weighted by Gasteiger charge is -2.14. The van der Waals surface area contributed by atoms with E-state index in [0.717, 1.165) is 30.6 Å². The molecule has 0 radical (unpaired) electrons. The van der Waals surface area contributed by atoms with Crippen LogP contribution in [-0.4, -0.2) is 21.6 Å². The van der Waals surface area contributed by atoms with Crippen molar-refractivity contribution in [2.75, 3.05) is 17.7 Å². The monoisotopic (exact) mass is 277 g/mol. The molecule has 0 bridgehead atoms. The number of fused-ring (bicyclic) bond motifs is 1. The predicted molar refractivity (Wildman–Crippen MR) is 85.7 cm³/mol. The minimum Gasteiger partial charge on any atom is -0.399 e. The van der Waals surface area contributed by atoms with Gasteiger partial charge in [-0.05, 0) is 42.5 Å². The SMILES string of the molecule is CCCc1nc2cc(N)ccc2n1CC(C)CSC. The smallest absolute Gasteiger partial charge is 0.109 e. The molecular formula is C15H23N3S. The first-order valence-corrected chi connectivity index (χ1v) is 8.28. The Hall–Kier alpha value is -1.16. The van der Waals surface area contributed by atoms with Gasteiger partial charge in [0.2, 0.25) is 0 Å². The van der Waals surface area contributed by atoms with Crippen LogP contribution < -0.4 is 5.73 Å². The lowest BCUT2D eigenvalue weighted by atomic mass is 10.2. The van der Waals surface area contributed by atoms with Crippen LogP contribution in [0.15, 0.2) is 18.2 Å². The summed E-state index contributed by atoms with van der Waals surface area (Å²) in [5.41, 5.74) is 8.88. The zero-order valence-corrected chi connectivity index (χ0v) is 12.8. The Kier molecular flexibility index (Phi) is 4.75. The molecule has 1 aromatic carbocycles. The first-order chi connectivity index (χ1) is 9.15. The fourth-order valence-electron chi connectivity index (χ4n) is 2.46. The van der Waals surface area contributed by atoms with Gasteiger partial charge in [0.1, 0.15) is 5.82 Å². The van der Waals surface area contributed by atoms with Crippen LogP contribution in [0.5, 0.6) is 0 Å². The molecule has 1 atom stereocenters. The van der Waals surface area contributed by atoms with E-state index in [1.54, 1.807) is 0 Å². The van der Waals surface area contributed by atoms with Gasteiger partial charge >= 0.3 is 0 Å². The van der Waals surface area contributed by atoms with Crippen LogP contribution >= 0.6 is 11.8 Å². The quantitative estimate of drug-likeness (QED) is 0.821. The van der Waals surface area contributed by atoms with Crippen LogP contribution in [0.25, 0.3) is 11.0 Å². The van der Waals surface area contributed by atoms with Crippen molar-refractivity contribution >= 4 is 28.5 Å². The Morgan fingerprint density at radius 1 is 1.42 bits per heavy atom. The lowest BCUT2D eigenvalue weighted by Crippen LogP contribution is -2.12. The molecular weight excluding hydrogens is 254 g/mol. The molecule has 0 aliphatic carbocycles. The summed E-state index contributed by atoms with van der Waals surface area (Å²) in [5, 5.41) is 0. The highest BCUT2D eigenvalue weighted by atomic mass is 32.2. The highest BCUT2D eigenvalue weighted by Crippen LogP contribution is 2.22. The summed E-state index contributed by atoms with van der Waals surface area (Å²) in [4.78, 5) is 4.75. The summed E-state index contributed by atoms with van der Waals surface area (Å²) in [6.45, 7) is 5.54. The third kappa shape index (κ3) is 3.24. The van der Waals surface area contributed by atoms with E-state index in [2.05, 4.69) is 30.7 Å². The van der Waals surface area contributed by atoms with Gasteiger partial charge in [0.25, 0.3) is 0 Å². The van der Waals surface area contributed by atoms with Gasteiger partial charge in [-0.25, -0.2) is 4.98 Å². The zero-order valence-electron chi connectivity index (χ0n) is 12.0. The van der Waals surface area contributed by atoms with Crippen LogP contribution in [-0.2, 0) is 13.0 Å². The second kappa shape index (κ2) is 6.33. The second-order valence-corrected chi connectivity index (χ2v) is 6.11. The molecule has 0 amide bonds. The Morgan fingerprint density at radius 2 is 2.21 bits per heavy atom. The highest BCUT2D eigenvalue weighted by molar-refractivity contribution is 7.98. The number of nitrogens with zero attached hydrogens (tertiary/aromatic N) is 2. The van der Waals surface area contributed by atoms with E-state index in [1.165, 1.54) is 17.1 Å². The van der Waals surface area contributed by atoms with E-state index < -0.39 is 0 Å². The van der Waals surface area contributed by atoms with Crippen LogP contribution in [0.2, 0.25) is 0 Å². The summed E-state index contributed by atoms with van der Waals surface area (Å²) in [6, 6.07) is 6.04. The van der Waals surface area contributed by atoms with Gasteiger partial charge in [0.05, 0.1) is 11.0 Å². The number of anilines is 1. The average molecular weight is 277 g/mol. The molecule has 1 aromatic heterocycles. The summed E-state index contributed by atoms with van der Waals surface area (Å²) in [6.07, 6.45) is 4.31. The Balaban J connectivity index is 2.39. The lowest BCUT2D eigenvalue weighted by molar-refractivity contribution is 0.522. The summed E-state index contributed by atoms with van der Waals surface area (Å²) >= 11 is 1.90. The van der Waals surface area contributed by atoms with Gasteiger partial charge < -0.3 is 10.3 Å². The van der Waals surface area contributed by atoms with E-state index in [9.17, 15) is 0 Å². The van der Waals surface area contributed by atoms with Crippen molar-refractivity contribution in [1.29, 1.82) is 0 Å². The van der Waals surface area contributed by atoms with Crippen molar-refractivity contribution < 1.29 is 0 Å². The number of hydrogen-bond acceptors (Lipinski definition) is 3. The first kappa shape index (κ1) is 14.3. The molecule has 19 heavy (non-hydrogen) atoms. The zero-order chi connectivity index (χ0) is 13.8. The standard InChI is InChI=1S/C15H23N3S/c1-4-5-15-17-13-8-12(16)6-7-14(13)18(15)9-11(2)10-19-3/h6-8,11H,4-5,9-10,16H2,1-3H3. The van der Waals surface area contributed by atoms with Gasteiger partial charge in [0.15, 0.2) is 0 Å². The van der Waals surface area contributed by atoms with Gasteiger partial charge in [-0.2, -0.15) is 11.8 Å². The number of benzene rings is 1. The summed E-state index contributed by atoms with van der Waals surface area (Å²) in [5.74, 6) is 3.02. The van der Waals surface area contributed by atoms with E-state index in [-0.39, 0.29) is 0 Å². The average Bonchev–Trinajstić information content (AvgIpc) is 2.67. The molecule has 1 heterocycles. The molecule has 0 aliphatic rings. The number of thioether (sulfide) groups is 1. The van der Waals surface area contributed by atoms with Crippen LogP contribution in [0.3, 0.4) is 0 Å². The molecule has 0 spiro atoms. The van der Waals surface area contributed by atoms with Crippen LogP contribution in [0.4, 0.5) is 5.69 Å². The maximum Gasteiger partial charge on any atom is 0.109 e. The number of nitrogens with two attached hydrogens (primary N) is 1. The third-order valence-corrected chi connectivity index (χ3v) is 4.17. The molecule has 2 rings (SSSR count). The van der Waals surface area contributed by atoms with Crippen molar-refractivity contribution in [3.05, 3.63) is 24.0 Å². The first-order valence-electron chi connectivity index (χ1n) is 6.89. The molecule has 3 nitrogen and oxygen atoms in total. The van der Waals surface area contributed by atoms with Crippen LogP contribution in [0.1, 0.15) is 26.1 Å². The van der Waals surface area contributed by atoms with Gasteiger partial charge in [-0.3, -0.25) is 0 Å². The number of aromatic nitrogens is 2. The second-order valence-electron chi connectivity index (χ2n) is 5.20. The molecule has 0 aliphatic heterocycles. The minimum absolute atomic E-state index is 0.653. The third-order valence-electron chi connectivity index (χ3n) is 3.27. The summed E-state index contributed by atoms with van der Waals surface area (Å²) in [7, 11) is 0. The molecule has 2 N–H and O–H groups in total.